The third kappa shape index (κ3) is 4.27. The summed E-state index contributed by atoms with van der Waals surface area (Å²) in [4.78, 5) is 13.2. The molecule has 2 aromatic carbocycles. The number of ketones is 1. The van der Waals surface area contributed by atoms with E-state index in [1.54, 1.807) is 14.2 Å². The third-order valence-electron chi connectivity index (χ3n) is 6.48. The first-order valence-electron chi connectivity index (χ1n) is 10.9. The Labute approximate surface area is 189 Å². The molecule has 7 heteroatoms. The van der Waals surface area contributed by atoms with Gasteiger partial charge in [-0.25, -0.2) is 0 Å². The molecule has 2 heterocycles. The van der Waals surface area contributed by atoms with Gasteiger partial charge in [-0.05, 0) is 35.7 Å². The number of benzene rings is 2. The molecule has 0 aliphatic carbocycles. The summed E-state index contributed by atoms with van der Waals surface area (Å²) in [6.07, 6.45) is 1.71. The molecule has 0 bridgehead atoms. The number of Topliss-reactive ketones (excluding diaryl/α,β-unsaturated/α-hetero) is 1. The zero-order valence-electron chi connectivity index (χ0n) is 19.5. The van der Waals surface area contributed by atoms with E-state index >= 15 is 0 Å². The maximum absolute atomic E-state index is 13.2. The lowest BCUT2D eigenvalue weighted by Crippen LogP contribution is -2.48. The first-order chi connectivity index (χ1) is 15.3. The second-order valence-corrected chi connectivity index (χ2v) is 9.05. The molecule has 1 unspecified atom stereocenters. The quantitative estimate of drug-likeness (QED) is 0.460. The summed E-state index contributed by atoms with van der Waals surface area (Å²) in [6, 6.07) is 7.90. The normalized spacial score (nSPS) is 18.2. The highest BCUT2D eigenvalue weighted by molar-refractivity contribution is 5.82. The molecular formula is C25H32NO6+. The summed E-state index contributed by atoms with van der Waals surface area (Å²) >= 11 is 0. The van der Waals surface area contributed by atoms with Crippen molar-refractivity contribution in [2.45, 2.75) is 32.2 Å². The highest BCUT2D eigenvalue weighted by atomic mass is 16.7. The SMILES string of the molecule is COCOc1ccc(CC(=O)CC2c3c(cc4c(c3OC)OCO4)CC[N+]2(C)C)cc1C. The fourth-order valence-electron chi connectivity index (χ4n) is 4.74. The lowest BCUT2D eigenvalue weighted by atomic mass is 9.86. The number of rotatable bonds is 8. The van der Waals surface area contributed by atoms with E-state index < -0.39 is 0 Å². The second-order valence-electron chi connectivity index (χ2n) is 9.05. The van der Waals surface area contributed by atoms with Crippen molar-refractivity contribution in [3.63, 3.8) is 0 Å². The maximum Gasteiger partial charge on any atom is 0.231 e. The average Bonchev–Trinajstić information content (AvgIpc) is 3.22. The van der Waals surface area contributed by atoms with Crippen molar-refractivity contribution >= 4 is 5.78 Å². The Kier molecular flexibility index (Phi) is 6.31. The van der Waals surface area contributed by atoms with Crippen LogP contribution in [0.1, 0.15) is 34.7 Å². The molecule has 0 fully saturated rings. The number of carbonyl (C=O) groups excluding carboxylic acids is 1. The molecule has 0 radical (unpaired) electrons. The molecule has 0 saturated heterocycles. The summed E-state index contributed by atoms with van der Waals surface area (Å²) in [5.74, 6) is 3.03. The number of likely N-dealkylation sites (N-methyl/N-ethyl adjacent to an activating group) is 1. The second kappa shape index (κ2) is 9.00. The van der Waals surface area contributed by atoms with E-state index in [9.17, 15) is 4.79 Å². The molecule has 0 saturated carbocycles. The fourth-order valence-corrected chi connectivity index (χ4v) is 4.74. The van der Waals surface area contributed by atoms with E-state index in [0.717, 1.165) is 45.6 Å². The average molecular weight is 443 g/mol. The van der Waals surface area contributed by atoms with Gasteiger partial charge in [0.2, 0.25) is 12.5 Å². The van der Waals surface area contributed by atoms with Gasteiger partial charge in [-0.3, -0.25) is 4.79 Å². The van der Waals surface area contributed by atoms with Crippen molar-refractivity contribution in [1.29, 1.82) is 0 Å². The minimum Gasteiger partial charge on any atom is -0.492 e. The molecule has 7 nitrogen and oxygen atoms in total. The number of carbonyl (C=O) groups is 1. The molecule has 32 heavy (non-hydrogen) atoms. The lowest BCUT2D eigenvalue weighted by molar-refractivity contribution is -0.922. The van der Waals surface area contributed by atoms with Crippen LogP contribution in [0.5, 0.6) is 23.0 Å². The van der Waals surface area contributed by atoms with Crippen molar-refractivity contribution in [2.75, 3.05) is 48.4 Å². The van der Waals surface area contributed by atoms with Gasteiger partial charge < -0.3 is 28.2 Å². The van der Waals surface area contributed by atoms with Crippen LogP contribution in [0.3, 0.4) is 0 Å². The smallest absolute Gasteiger partial charge is 0.231 e. The Morgan fingerprint density at radius 2 is 2.00 bits per heavy atom. The van der Waals surface area contributed by atoms with Gasteiger partial charge in [-0.15, -0.1) is 0 Å². The molecular weight excluding hydrogens is 410 g/mol. The Morgan fingerprint density at radius 3 is 2.72 bits per heavy atom. The van der Waals surface area contributed by atoms with Gasteiger partial charge in [0.05, 0.1) is 39.7 Å². The number of ether oxygens (including phenoxy) is 5. The maximum atomic E-state index is 13.2. The summed E-state index contributed by atoms with van der Waals surface area (Å²) in [5, 5.41) is 0. The number of aryl methyl sites for hydroxylation is 1. The number of hydrogen-bond acceptors (Lipinski definition) is 6. The zero-order valence-corrected chi connectivity index (χ0v) is 19.5. The Balaban J connectivity index is 1.58. The van der Waals surface area contributed by atoms with Crippen LogP contribution in [-0.4, -0.2) is 58.7 Å². The van der Waals surface area contributed by atoms with E-state index in [0.29, 0.717) is 24.3 Å². The van der Waals surface area contributed by atoms with E-state index in [-0.39, 0.29) is 25.4 Å². The highest BCUT2D eigenvalue weighted by Crippen LogP contribution is 2.51. The van der Waals surface area contributed by atoms with Crippen LogP contribution in [0.4, 0.5) is 0 Å². The topological polar surface area (TPSA) is 63.2 Å². The third-order valence-corrected chi connectivity index (χ3v) is 6.48. The molecule has 1 atom stereocenters. The number of quaternary nitrogens is 1. The van der Waals surface area contributed by atoms with E-state index in [2.05, 4.69) is 20.2 Å². The van der Waals surface area contributed by atoms with Gasteiger partial charge in [0, 0.05) is 20.0 Å². The molecule has 0 amide bonds. The number of fused-ring (bicyclic) bond motifs is 2. The van der Waals surface area contributed by atoms with E-state index in [1.165, 1.54) is 5.56 Å². The molecule has 2 aliphatic rings. The standard InChI is InChI=1S/C25H32NO6/c1-16-10-17(6-7-21(16)30-14-28-4)11-19(27)13-20-23-18(8-9-26(20,2)3)12-22-24(25(23)29-5)32-15-31-22/h6-7,10,12,20H,8-9,11,13-15H2,1-5H3/q+1. The van der Waals surface area contributed by atoms with Gasteiger partial charge >= 0.3 is 0 Å². The first kappa shape index (κ1) is 22.4. The molecule has 172 valence electrons. The van der Waals surface area contributed by atoms with E-state index in [4.69, 9.17) is 23.7 Å². The van der Waals surface area contributed by atoms with Crippen LogP contribution in [0.15, 0.2) is 24.3 Å². The van der Waals surface area contributed by atoms with Gasteiger partial charge in [-0.1, -0.05) is 12.1 Å². The van der Waals surface area contributed by atoms with Crippen LogP contribution in [0.2, 0.25) is 0 Å². The molecule has 2 aliphatic heterocycles. The minimum atomic E-state index is -0.0129. The summed E-state index contributed by atoms with van der Waals surface area (Å²) in [6.45, 7) is 3.32. The van der Waals surface area contributed by atoms with E-state index in [1.807, 2.05) is 25.1 Å². The van der Waals surface area contributed by atoms with Gasteiger partial charge in [0.1, 0.15) is 17.6 Å². The van der Waals surface area contributed by atoms with Crippen LogP contribution >= 0.6 is 0 Å². The lowest BCUT2D eigenvalue weighted by Gasteiger charge is -2.43. The Morgan fingerprint density at radius 1 is 1.19 bits per heavy atom. The summed E-state index contributed by atoms with van der Waals surface area (Å²) in [7, 11) is 7.60. The first-order valence-corrected chi connectivity index (χ1v) is 10.9. The Bertz CT molecular complexity index is 1020. The van der Waals surface area contributed by atoms with Crippen molar-refractivity contribution < 1.29 is 33.0 Å². The Hall–Kier alpha value is -2.77. The monoisotopic (exact) mass is 442 g/mol. The predicted octanol–water partition coefficient (Wildman–Crippen LogP) is 3.59. The molecule has 0 aromatic heterocycles. The number of hydrogen-bond donors (Lipinski definition) is 0. The van der Waals surface area contributed by atoms with Crippen LogP contribution < -0.4 is 18.9 Å². The molecule has 2 aromatic rings. The van der Waals surface area contributed by atoms with Gasteiger partial charge in [0.15, 0.2) is 18.3 Å². The highest BCUT2D eigenvalue weighted by Gasteiger charge is 2.42. The van der Waals surface area contributed by atoms with Crippen molar-refractivity contribution in [2.24, 2.45) is 0 Å². The van der Waals surface area contributed by atoms with Crippen LogP contribution in [0.25, 0.3) is 0 Å². The summed E-state index contributed by atoms with van der Waals surface area (Å²) in [5.41, 5.74) is 4.22. The molecule has 4 rings (SSSR count). The zero-order chi connectivity index (χ0) is 22.9. The van der Waals surface area contributed by atoms with Crippen molar-refractivity contribution in [3.05, 3.63) is 46.5 Å². The minimum absolute atomic E-state index is 0.0129. The van der Waals surface area contributed by atoms with Gasteiger partial charge in [0.25, 0.3) is 0 Å². The molecule has 0 spiro atoms. The molecule has 0 N–H and O–H groups in total. The number of nitrogens with zero attached hydrogens (tertiary/aromatic N) is 1. The summed E-state index contributed by atoms with van der Waals surface area (Å²) < 4.78 is 28.3. The van der Waals surface area contributed by atoms with Crippen molar-refractivity contribution in [3.8, 4) is 23.0 Å². The van der Waals surface area contributed by atoms with Gasteiger partial charge in [-0.2, -0.15) is 0 Å². The fraction of sp³-hybridized carbons (Fsp3) is 0.480. The van der Waals surface area contributed by atoms with Crippen LogP contribution in [-0.2, 0) is 22.4 Å². The number of methoxy groups -OCH3 is 2. The van der Waals surface area contributed by atoms with Crippen LogP contribution in [0, 0.1) is 6.92 Å². The predicted molar refractivity (Wildman–Crippen MR) is 120 cm³/mol. The largest absolute Gasteiger partial charge is 0.492 e. The van der Waals surface area contributed by atoms with Crippen molar-refractivity contribution in [1.82, 2.24) is 0 Å².